The smallest absolute Gasteiger partial charge is 0.228 e. The van der Waals surface area contributed by atoms with Gasteiger partial charge in [-0.15, -0.1) is 11.6 Å². The van der Waals surface area contributed by atoms with E-state index in [0.717, 1.165) is 10.2 Å². The van der Waals surface area contributed by atoms with Gasteiger partial charge in [0.15, 0.2) is 0 Å². The highest BCUT2D eigenvalue weighted by Crippen LogP contribution is 2.29. The molecule has 3 nitrogen and oxygen atoms in total. The molecule has 0 saturated carbocycles. The third kappa shape index (κ3) is 1.77. The van der Waals surface area contributed by atoms with Gasteiger partial charge in [0.25, 0.3) is 0 Å². The molecule has 14 heavy (non-hydrogen) atoms. The largest absolute Gasteiger partial charge is 0.308 e. The van der Waals surface area contributed by atoms with Crippen molar-refractivity contribution < 1.29 is 4.79 Å². The molecule has 1 unspecified atom stereocenters. The summed E-state index contributed by atoms with van der Waals surface area (Å²) in [6, 6.07) is 1.81. The van der Waals surface area contributed by atoms with Crippen molar-refractivity contribution in [2.24, 2.45) is 0 Å². The first-order valence-corrected chi connectivity index (χ1v) is 5.45. The minimum Gasteiger partial charge on any atom is -0.308 e. The molecule has 74 valence electrons. The zero-order valence-electron chi connectivity index (χ0n) is 7.28. The zero-order chi connectivity index (χ0) is 10.1. The van der Waals surface area contributed by atoms with Crippen molar-refractivity contribution in [3.63, 3.8) is 0 Å². The Kier molecular flexibility index (Phi) is 2.74. The minimum atomic E-state index is -0.0883. The Morgan fingerprint density at radius 1 is 1.64 bits per heavy atom. The predicted molar refractivity (Wildman–Crippen MR) is 58.5 cm³/mol. The first-order valence-electron chi connectivity index (χ1n) is 4.22. The van der Waals surface area contributed by atoms with Crippen LogP contribution in [0.1, 0.15) is 6.42 Å². The topological polar surface area (TPSA) is 33.2 Å². The van der Waals surface area contributed by atoms with E-state index in [1.54, 1.807) is 17.3 Å². The molecule has 1 amide bonds. The molecular weight excluding hydrogens is 267 g/mol. The fraction of sp³-hybridized carbons (Fsp3) is 0.333. The highest BCUT2D eigenvalue weighted by Gasteiger charge is 2.30. The van der Waals surface area contributed by atoms with Gasteiger partial charge >= 0.3 is 0 Å². The second kappa shape index (κ2) is 3.87. The van der Waals surface area contributed by atoms with Crippen molar-refractivity contribution in [3.05, 3.63) is 22.9 Å². The Hall–Kier alpha value is -0.610. The summed E-state index contributed by atoms with van der Waals surface area (Å²) in [6.45, 7) is 0.560. The van der Waals surface area contributed by atoms with Crippen LogP contribution in [0.4, 0.5) is 5.69 Å². The van der Waals surface area contributed by atoms with Gasteiger partial charge in [-0.2, -0.15) is 0 Å². The molecule has 2 heterocycles. The van der Waals surface area contributed by atoms with Gasteiger partial charge < -0.3 is 4.90 Å². The van der Waals surface area contributed by atoms with Crippen molar-refractivity contribution in [2.75, 3.05) is 11.4 Å². The zero-order valence-corrected chi connectivity index (χ0v) is 9.62. The summed E-state index contributed by atoms with van der Waals surface area (Å²) in [5, 5.41) is -0.0883. The summed E-state index contributed by atoms with van der Waals surface area (Å²) in [5.74, 6) is 0.0544. The van der Waals surface area contributed by atoms with Crippen LogP contribution < -0.4 is 4.90 Å². The van der Waals surface area contributed by atoms with Gasteiger partial charge in [0, 0.05) is 23.6 Å². The van der Waals surface area contributed by atoms with Gasteiger partial charge in [0.05, 0.1) is 17.3 Å². The van der Waals surface area contributed by atoms with Gasteiger partial charge in [-0.1, -0.05) is 0 Å². The predicted octanol–water partition coefficient (Wildman–Crippen LogP) is 2.19. The lowest BCUT2D eigenvalue weighted by molar-refractivity contribution is -0.117. The average molecular weight is 276 g/mol. The van der Waals surface area contributed by atoms with Crippen molar-refractivity contribution >= 4 is 39.1 Å². The number of carbonyl (C=O) groups excluding carboxylic acids is 1. The molecule has 1 aromatic heterocycles. The molecule has 1 saturated heterocycles. The second-order valence-electron chi connectivity index (χ2n) is 3.13. The number of rotatable bonds is 1. The van der Waals surface area contributed by atoms with Crippen LogP contribution in [0.25, 0.3) is 0 Å². The lowest BCUT2D eigenvalue weighted by Crippen LogP contribution is -2.25. The van der Waals surface area contributed by atoms with Crippen LogP contribution in [-0.2, 0) is 4.79 Å². The van der Waals surface area contributed by atoms with E-state index >= 15 is 0 Å². The number of carbonyl (C=O) groups is 1. The molecule has 1 atom stereocenters. The summed E-state index contributed by atoms with van der Waals surface area (Å²) in [7, 11) is 0. The minimum absolute atomic E-state index is 0.0544. The van der Waals surface area contributed by atoms with E-state index in [4.69, 9.17) is 11.6 Å². The van der Waals surface area contributed by atoms with Gasteiger partial charge in [0.1, 0.15) is 0 Å². The van der Waals surface area contributed by atoms with Crippen LogP contribution in [-0.4, -0.2) is 22.8 Å². The maximum absolute atomic E-state index is 11.5. The van der Waals surface area contributed by atoms with E-state index < -0.39 is 0 Å². The number of hydrogen-bond acceptors (Lipinski definition) is 2. The van der Waals surface area contributed by atoms with Crippen LogP contribution >= 0.6 is 27.5 Å². The SMILES string of the molecule is O=C1CC(Cl)CN1c1cnccc1Br. The Bertz CT molecular complexity index is 372. The molecule has 1 aromatic rings. The van der Waals surface area contributed by atoms with Crippen molar-refractivity contribution in [1.29, 1.82) is 0 Å². The standard InChI is InChI=1S/C9H8BrClN2O/c10-7-1-2-12-4-8(7)13-5-6(11)3-9(13)14/h1-2,4,6H,3,5H2. The van der Waals surface area contributed by atoms with Crippen LogP contribution in [0.5, 0.6) is 0 Å². The van der Waals surface area contributed by atoms with Gasteiger partial charge in [0.2, 0.25) is 5.91 Å². The molecule has 0 aromatic carbocycles. The van der Waals surface area contributed by atoms with Crippen molar-refractivity contribution in [1.82, 2.24) is 4.98 Å². The van der Waals surface area contributed by atoms with Crippen LogP contribution in [0.15, 0.2) is 22.9 Å². The molecule has 1 aliphatic rings. The molecule has 0 bridgehead atoms. The summed E-state index contributed by atoms with van der Waals surface area (Å²) in [4.78, 5) is 17.2. The van der Waals surface area contributed by atoms with Gasteiger partial charge in [-0.3, -0.25) is 9.78 Å². The average Bonchev–Trinajstić information content (AvgIpc) is 2.46. The molecule has 1 fully saturated rings. The number of hydrogen-bond donors (Lipinski definition) is 0. The fourth-order valence-corrected chi connectivity index (χ4v) is 2.17. The van der Waals surface area contributed by atoms with Crippen molar-refractivity contribution in [2.45, 2.75) is 11.8 Å². The molecular formula is C9H8BrClN2O. The van der Waals surface area contributed by atoms with E-state index in [9.17, 15) is 4.79 Å². The Labute approximate surface area is 95.2 Å². The van der Waals surface area contributed by atoms with Crippen LogP contribution in [0.2, 0.25) is 0 Å². The molecule has 0 N–H and O–H groups in total. The summed E-state index contributed by atoms with van der Waals surface area (Å²) < 4.78 is 0.867. The first-order chi connectivity index (χ1) is 6.68. The van der Waals surface area contributed by atoms with E-state index in [2.05, 4.69) is 20.9 Å². The molecule has 0 radical (unpaired) electrons. The summed E-state index contributed by atoms with van der Waals surface area (Å²) in [6.07, 6.45) is 3.74. The Morgan fingerprint density at radius 3 is 3.00 bits per heavy atom. The highest BCUT2D eigenvalue weighted by atomic mass is 79.9. The fourth-order valence-electron chi connectivity index (χ4n) is 1.46. The Morgan fingerprint density at radius 2 is 2.43 bits per heavy atom. The summed E-state index contributed by atoms with van der Waals surface area (Å²) in [5.41, 5.74) is 0.792. The molecule has 0 spiro atoms. The number of nitrogens with zero attached hydrogens (tertiary/aromatic N) is 2. The van der Waals surface area contributed by atoms with E-state index in [1.165, 1.54) is 0 Å². The lowest BCUT2D eigenvalue weighted by atomic mass is 10.4. The molecule has 5 heteroatoms. The maximum Gasteiger partial charge on any atom is 0.228 e. The number of anilines is 1. The normalized spacial score (nSPS) is 21.7. The summed E-state index contributed by atoms with van der Waals surface area (Å²) >= 11 is 9.28. The quantitative estimate of drug-likeness (QED) is 0.736. The number of aromatic nitrogens is 1. The lowest BCUT2D eigenvalue weighted by Gasteiger charge is -2.16. The van der Waals surface area contributed by atoms with Crippen LogP contribution in [0.3, 0.4) is 0 Å². The molecule has 0 aliphatic carbocycles. The third-order valence-corrected chi connectivity index (χ3v) is 3.08. The van der Waals surface area contributed by atoms with Crippen molar-refractivity contribution in [3.8, 4) is 0 Å². The van der Waals surface area contributed by atoms with Gasteiger partial charge in [-0.05, 0) is 22.0 Å². The van der Waals surface area contributed by atoms with E-state index in [0.29, 0.717) is 13.0 Å². The second-order valence-corrected chi connectivity index (χ2v) is 4.60. The molecule has 2 rings (SSSR count). The maximum atomic E-state index is 11.5. The van der Waals surface area contributed by atoms with E-state index in [-0.39, 0.29) is 11.3 Å². The monoisotopic (exact) mass is 274 g/mol. The number of amides is 1. The van der Waals surface area contributed by atoms with Gasteiger partial charge in [-0.25, -0.2) is 0 Å². The molecule has 1 aliphatic heterocycles. The number of alkyl halides is 1. The Balaban J connectivity index is 2.32. The number of pyridine rings is 1. The van der Waals surface area contributed by atoms with Crippen LogP contribution in [0, 0.1) is 0 Å². The third-order valence-electron chi connectivity index (χ3n) is 2.12. The number of halogens is 2. The first kappa shape index (κ1) is 9.93. The highest BCUT2D eigenvalue weighted by molar-refractivity contribution is 9.10. The van der Waals surface area contributed by atoms with E-state index in [1.807, 2.05) is 6.07 Å².